The second-order valence-corrected chi connectivity index (χ2v) is 4.94. The third-order valence-corrected chi connectivity index (χ3v) is 3.43. The lowest BCUT2D eigenvalue weighted by Gasteiger charge is -2.15. The fourth-order valence-electron chi connectivity index (χ4n) is 2.29. The number of methoxy groups -OCH3 is 2. The Labute approximate surface area is 145 Å². The van der Waals surface area contributed by atoms with Crippen molar-refractivity contribution in [3.63, 3.8) is 0 Å². The summed E-state index contributed by atoms with van der Waals surface area (Å²) in [6.45, 7) is 2.12. The van der Waals surface area contributed by atoms with E-state index in [1.807, 2.05) is 0 Å². The van der Waals surface area contributed by atoms with Crippen LogP contribution in [0.1, 0.15) is 27.6 Å². The van der Waals surface area contributed by atoms with Crippen LogP contribution in [0.3, 0.4) is 0 Å². The molecule has 0 aromatic heterocycles. The van der Waals surface area contributed by atoms with E-state index in [0.29, 0.717) is 18.1 Å². The van der Waals surface area contributed by atoms with Crippen LogP contribution in [0.2, 0.25) is 0 Å². The van der Waals surface area contributed by atoms with Crippen LogP contribution < -0.4 is 19.5 Å². The van der Waals surface area contributed by atoms with E-state index in [0.717, 1.165) is 0 Å². The normalized spacial score (nSPS) is 10.0. The number of hydrogen-bond donors (Lipinski definition) is 2. The number of anilines is 1. The van der Waals surface area contributed by atoms with Crippen molar-refractivity contribution in [2.45, 2.75) is 6.92 Å². The summed E-state index contributed by atoms with van der Waals surface area (Å²) < 4.78 is 15.7. The van der Waals surface area contributed by atoms with E-state index in [-0.39, 0.29) is 22.6 Å². The summed E-state index contributed by atoms with van der Waals surface area (Å²) in [5, 5.41) is 12.0. The van der Waals surface area contributed by atoms with Crippen LogP contribution in [-0.4, -0.2) is 37.8 Å². The number of aromatic carboxylic acids is 1. The monoisotopic (exact) mass is 345 g/mol. The number of nitrogens with one attached hydrogen (secondary N) is 1. The molecule has 0 aliphatic heterocycles. The molecular formula is C18H19NO6. The van der Waals surface area contributed by atoms with E-state index in [1.54, 1.807) is 31.2 Å². The molecule has 2 aromatic rings. The molecule has 0 atom stereocenters. The van der Waals surface area contributed by atoms with E-state index in [4.69, 9.17) is 14.2 Å². The number of amides is 1. The van der Waals surface area contributed by atoms with Gasteiger partial charge in [-0.2, -0.15) is 0 Å². The maximum Gasteiger partial charge on any atom is 0.337 e. The zero-order valence-electron chi connectivity index (χ0n) is 14.2. The summed E-state index contributed by atoms with van der Waals surface area (Å²) in [5.41, 5.74) is 0.283. The number of ether oxygens (including phenoxy) is 3. The average molecular weight is 345 g/mol. The molecule has 0 saturated carbocycles. The van der Waals surface area contributed by atoms with Crippen molar-refractivity contribution in [1.29, 1.82) is 0 Å². The van der Waals surface area contributed by atoms with Crippen LogP contribution in [0.15, 0.2) is 36.4 Å². The second kappa shape index (κ2) is 8.05. The van der Waals surface area contributed by atoms with E-state index in [9.17, 15) is 14.7 Å². The first-order valence-electron chi connectivity index (χ1n) is 7.54. The highest BCUT2D eigenvalue weighted by Crippen LogP contribution is 2.34. The Kier molecular flexibility index (Phi) is 5.84. The van der Waals surface area contributed by atoms with Crippen molar-refractivity contribution in [2.75, 3.05) is 26.1 Å². The van der Waals surface area contributed by atoms with Gasteiger partial charge in [-0.1, -0.05) is 12.1 Å². The van der Waals surface area contributed by atoms with E-state index >= 15 is 0 Å². The van der Waals surface area contributed by atoms with Gasteiger partial charge in [-0.3, -0.25) is 4.79 Å². The number of carboxylic acid groups (broad SMARTS) is 1. The topological polar surface area (TPSA) is 94.1 Å². The van der Waals surface area contributed by atoms with Gasteiger partial charge in [0.1, 0.15) is 5.75 Å². The van der Waals surface area contributed by atoms with Crippen molar-refractivity contribution < 1.29 is 28.9 Å². The van der Waals surface area contributed by atoms with Crippen molar-refractivity contribution in [3.8, 4) is 17.2 Å². The SMILES string of the molecule is CCOc1cc(C(=O)O)c(NC(=O)c2ccccc2OC)cc1OC. The molecule has 0 heterocycles. The number of benzene rings is 2. The standard InChI is InChI=1S/C18H19NO6/c1-4-25-16-9-12(18(21)22)13(10-15(16)24-3)19-17(20)11-7-5-6-8-14(11)23-2/h5-10H,4H2,1-3H3,(H,19,20)(H,21,22). The van der Waals surface area contributed by atoms with Crippen LogP contribution in [0, 0.1) is 0 Å². The fraction of sp³-hybridized carbons (Fsp3) is 0.222. The Hall–Kier alpha value is -3.22. The molecule has 2 rings (SSSR count). The van der Waals surface area contributed by atoms with Gasteiger partial charge in [0.05, 0.1) is 37.6 Å². The smallest absolute Gasteiger partial charge is 0.337 e. The lowest BCUT2D eigenvalue weighted by Crippen LogP contribution is -2.16. The molecule has 7 nitrogen and oxygen atoms in total. The van der Waals surface area contributed by atoms with Gasteiger partial charge in [-0.15, -0.1) is 0 Å². The summed E-state index contributed by atoms with van der Waals surface area (Å²) in [7, 11) is 2.89. The van der Waals surface area contributed by atoms with Crippen molar-refractivity contribution >= 4 is 17.6 Å². The first-order valence-corrected chi connectivity index (χ1v) is 7.54. The molecule has 0 bridgehead atoms. The molecule has 0 aliphatic carbocycles. The first kappa shape index (κ1) is 18.1. The molecular weight excluding hydrogens is 326 g/mol. The van der Waals surface area contributed by atoms with Gasteiger partial charge < -0.3 is 24.6 Å². The molecule has 0 aliphatic rings. The zero-order valence-corrected chi connectivity index (χ0v) is 14.2. The Morgan fingerprint density at radius 3 is 2.28 bits per heavy atom. The Morgan fingerprint density at radius 1 is 1.00 bits per heavy atom. The molecule has 25 heavy (non-hydrogen) atoms. The third-order valence-electron chi connectivity index (χ3n) is 3.43. The average Bonchev–Trinajstić information content (AvgIpc) is 2.62. The molecule has 2 N–H and O–H groups in total. The highest BCUT2D eigenvalue weighted by atomic mass is 16.5. The zero-order chi connectivity index (χ0) is 18.4. The fourth-order valence-corrected chi connectivity index (χ4v) is 2.29. The predicted molar refractivity (Wildman–Crippen MR) is 92.1 cm³/mol. The van der Waals surface area contributed by atoms with Crippen LogP contribution in [0.4, 0.5) is 5.69 Å². The van der Waals surface area contributed by atoms with Gasteiger partial charge in [0.15, 0.2) is 11.5 Å². The minimum absolute atomic E-state index is 0.101. The minimum atomic E-state index is -1.20. The second-order valence-electron chi connectivity index (χ2n) is 4.94. The Morgan fingerprint density at radius 2 is 1.68 bits per heavy atom. The summed E-state index contributed by atoms with van der Waals surface area (Å²) >= 11 is 0. The summed E-state index contributed by atoms with van der Waals surface area (Å²) in [6, 6.07) is 9.39. The molecule has 0 saturated heterocycles. The van der Waals surface area contributed by atoms with E-state index in [2.05, 4.69) is 5.32 Å². The number of carbonyl (C=O) groups is 2. The molecule has 1 amide bonds. The number of carboxylic acids is 1. The largest absolute Gasteiger partial charge is 0.496 e. The van der Waals surface area contributed by atoms with Crippen molar-refractivity contribution in [1.82, 2.24) is 0 Å². The molecule has 0 spiro atoms. The lowest BCUT2D eigenvalue weighted by atomic mass is 10.1. The van der Waals surface area contributed by atoms with Gasteiger partial charge in [0.2, 0.25) is 0 Å². The lowest BCUT2D eigenvalue weighted by molar-refractivity contribution is 0.0697. The predicted octanol–water partition coefficient (Wildman–Crippen LogP) is 3.05. The molecule has 0 fully saturated rings. The van der Waals surface area contributed by atoms with Crippen LogP contribution in [-0.2, 0) is 0 Å². The molecule has 0 radical (unpaired) electrons. The molecule has 2 aromatic carbocycles. The van der Waals surface area contributed by atoms with E-state index < -0.39 is 11.9 Å². The number of rotatable bonds is 7. The summed E-state index contributed by atoms with van der Waals surface area (Å²) in [4.78, 5) is 24.1. The number of hydrogen-bond acceptors (Lipinski definition) is 5. The van der Waals surface area contributed by atoms with Gasteiger partial charge in [0, 0.05) is 12.1 Å². The molecule has 7 heteroatoms. The maximum atomic E-state index is 12.5. The van der Waals surface area contributed by atoms with Crippen LogP contribution >= 0.6 is 0 Å². The molecule has 132 valence electrons. The maximum absolute atomic E-state index is 12.5. The third kappa shape index (κ3) is 4.00. The highest BCUT2D eigenvalue weighted by molar-refractivity contribution is 6.09. The molecule has 0 unspecified atom stereocenters. The quantitative estimate of drug-likeness (QED) is 0.801. The van der Waals surface area contributed by atoms with Gasteiger partial charge >= 0.3 is 5.97 Å². The Balaban J connectivity index is 2.43. The van der Waals surface area contributed by atoms with Gasteiger partial charge in [-0.25, -0.2) is 4.79 Å². The first-order chi connectivity index (χ1) is 12.0. The van der Waals surface area contributed by atoms with Crippen molar-refractivity contribution in [3.05, 3.63) is 47.5 Å². The van der Waals surface area contributed by atoms with Crippen LogP contribution in [0.25, 0.3) is 0 Å². The Bertz CT molecular complexity index is 787. The van der Waals surface area contributed by atoms with Crippen LogP contribution in [0.5, 0.6) is 17.2 Å². The van der Waals surface area contributed by atoms with Gasteiger partial charge in [0.25, 0.3) is 5.91 Å². The van der Waals surface area contributed by atoms with Crippen molar-refractivity contribution in [2.24, 2.45) is 0 Å². The number of para-hydroxylation sites is 1. The minimum Gasteiger partial charge on any atom is -0.496 e. The van der Waals surface area contributed by atoms with Gasteiger partial charge in [-0.05, 0) is 19.1 Å². The summed E-state index contributed by atoms with van der Waals surface area (Å²) in [5.74, 6) is -0.695. The highest BCUT2D eigenvalue weighted by Gasteiger charge is 2.20. The van der Waals surface area contributed by atoms with E-state index in [1.165, 1.54) is 26.4 Å². The number of carbonyl (C=O) groups excluding carboxylic acids is 1. The summed E-state index contributed by atoms with van der Waals surface area (Å²) in [6.07, 6.45) is 0.